The van der Waals surface area contributed by atoms with Gasteiger partial charge in [-0.2, -0.15) is 31.8 Å². The molecular weight excluding hydrogens is 576 g/mol. The third-order valence-electron chi connectivity index (χ3n) is 6.06. The molecule has 2 aromatic heterocycles. The molecule has 3 heterocycles. The fourth-order valence-corrected chi connectivity index (χ4v) is 4.13. The van der Waals surface area contributed by atoms with Crippen molar-refractivity contribution in [3.63, 3.8) is 0 Å². The summed E-state index contributed by atoms with van der Waals surface area (Å²) in [6.07, 6.45) is -11.3. The van der Waals surface area contributed by atoms with E-state index in [-0.39, 0.29) is 19.3 Å². The Morgan fingerprint density at radius 2 is 1.64 bits per heavy atom. The second-order valence-corrected chi connectivity index (χ2v) is 12.1. The maximum absolute atomic E-state index is 14.4. The molecule has 1 aliphatic rings. The van der Waals surface area contributed by atoms with Crippen LogP contribution in [0.15, 0.2) is 10.5 Å². The van der Waals surface area contributed by atoms with Gasteiger partial charge >= 0.3 is 18.4 Å². The first-order valence-electron chi connectivity index (χ1n) is 13.3. The Balaban J connectivity index is 2.29. The van der Waals surface area contributed by atoms with Gasteiger partial charge in [0.25, 0.3) is 11.8 Å². The number of alkyl halides is 6. The maximum Gasteiger partial charge on any atom is 0.426 e. The lowest BCUT2D eigenvalue weighted by atomic mass is 9.94. The molecule has 2 atom stereocenters. The van der Waals surface area contributed by atoms with E-state index in [0.29, 0.717) is 18.9 Å². The van der Waals surface area contributed by atoms with Crippen molar-refractivity contribution in [2.45, 2.75) is 115 Å². The van der Waals surface area contributed by atoms with Crippen molar-refractivity contribution >= 4 is 11.8 Å². The molecule has 4 bridgehead atoms. The number of ether oxygens (including phenoxy) is 1. The second-order valence-electron chi connectivity index (χ2n) is 12.1. The molecule has 2 aromatic rings. The van der Waals surface area contributed by atoms with E-state index in [1.165, 1.54) is 20.8 Å². The van der Waals surface area contributed by atoms with Gasteiger partial charge in [-0.05, 0) is 66.9 Å². The Bertz CT molecular complexity index is 1250. The molecule has 1 amide bonds. The number of carbonyl (C=O) groups excluding carboxylic acids is 1. The number of hydrogen-bond acceptors (Lipinski definition) is 9. The monoisotopic (exact) mass is 611 g/mol. The van der Waals surface area contributed by atoms with E-state index >= 15 is 0 Å². The number of anilines is 1. The van der Waals surface area contributed by atoms with Crippen LogP contribution in [0.4, 0.5) is 36.8 Å². The average Bonchev–Trinajstić information content (AvgIpc) is 3.29. The highest BCUT2D eigenvalue weighted by Gasteiger charge is 2.58. The van der Waals surface area contributed by atoms with Crippen LogP contribution in [0.5, 0.6) is 0 Å². The predicted molar refractivity (Wildman–Crippen MR) is 137 cm³/mol. The second kappa shape index (κ2) is 12.0. The molecule has 3 rings (SSSR count). The van der Waals surface area contributed by atoms with E-state index in [2.05, 4.69) is 26.0 Å². The Labute approximate surface area is 238 Å². The molecule has 3 N–H and O–H groups in total. The minimum atomic E-state index is -5.20. The number of rotatable bonds is 3. The van der Waals surface area contributed by atoms with E-state index in [0.717, 1.165) is 0 Å². The molecule has 0 saturated heterocycles. The number of nitrogens with one attached hydrogen (secondary N) is 2. The van der Waals surface area contributed by atoms with E-state index in [4.69, 9.17) is 14.0 Å². The molecular formula is C26H35F6N5O5. The normalized spacial score (nSPS) is 21.0. The summed E-state index contributed by atoms with van der Waals surface area (Å²) in [6.45, 7) is 9.61. The Kier molecular flexibility index (Phi) is 9.54. The number of fused-ring (bicyclic) bond motifs is 5. The lowest BCUT2D eigenvalue weighted by Crippen LogP contribution is -2.42. The summed E-state index contributed by atoms with van der Waals surface area (Å²) < 4.78 is 95.7. The first-order valence-corrected chi connectivity index (χ1v) is 13.3. The number of pyridine rings is 1. The highest BCUT2D eigenvalue weighted by Crippen LogP contribution is 2.45. The number of amides is 1. The zero-order chi connectivity index (χ0) is 31.7. The lowest BCUT2D eigenvalue weighted by molar-refractivity contribution is -0.277. The fraction of sp³-hybridized carbons (Fsp3) is 0.692. The van der Waals surface area contributed by atoms with Crippen molar-refractivity contribution in [3.05, 3.63) is 23.2 Å². The minimum Gasteiger partial charge on any atom is -0.444 e. The van der Waals surface area contributed by atoms with Crippen LogP contribution in [-0.2, 0) is 21.4 Å². The number of aliphatic hydroxyl groups is 1. The van der Waals surface area contributed by atoms with Gasteiger partial charge in [0.15, 0.2) is 5.69 Å². The van der Waals surface area contributed by atoms with Gasteiger partial charge < -0.3 is 14.3 Å². The van der Waals surface area contributed by atoms with Gasteiger partial charge in [0.2, 0.25) is 5.60 Å². The van der Waals surface area contributed by atoms with Gasteiger partial charge in [0.1, 0.15) is 5.60 Å². The summed E-state index contributed by atoms with van der Waals surface area (Å²) in [5.74, 6) is -1.97. The zero-order valence-corrected chi connectivity index (χ0v) is 24.1. The van der Waals surface area contributed by atoms with Crippen LogP contribution in [0, 0.1) is 0 Å². The molecule has 1 aliphatic heterocycles. The SMILES string of the molecule is CC(C)(C)ONC1CCCCCC[C@](O)(C(F)(F)F)c2nnc(o2)-c2nc1c(C(F)(F)F)cc2NC(=O)OC(C)(C)C. The smallest absolute Gasteiger partial charge is 0.426 e. The van der Waals surface area contributed by atoms with Crippen molar-refractivity contribution in [1.82, 2.24) is 20.7 Å². The number of halogens is 6. The van der Waals surface area contributed by atoms with Crippen LogP contribution >= 0.6 is 0 Å². The van der Waals surface area contributed by atoms with E-state index in [1.807, 2.05) is 0 Å². The van der Waals surface area contributed by atoms with Crippen LogP contribution < -0.4 is 10.8 Å². The van der Waals surface area contributed by atoms with Crippen LogP contribution in [-0.4, -0.2) is 43.8 Å². The van der Waals surface area contributed by atoms with Crippen molar-refractivity contribution in [1.29, 1.82) is 0 Å². The minimum absolute atomic E-state index is 0.0586. The molecule has 42 heavy (non-hydrogen) atoms. The molecule has 0 radical (unpaired) electrons. The summed E-state index contributed by atoms with van der Waals surface area (Å²) in [6, 6.07) is -0.563. The Morgan fingerprint density at radius 3 is 2.21 bits per heavy atom. The number of carbonyl (C=O) groups is 1. The Morgan fingerprint density at radius 1 is 1.00 bits per heavy atom. The topological polar surface area (TPSA) is 132 Å². The maximum atomic E-state index is 14.4. The number of aromatic nitrogens is 3. The van der Waals surface area contributed by atoms with Crippen molar-refractivity contribution in [2.75, 3.05) is 5.32 Å². The van der Waals surface area contributed by atoms with Crippen LogP contribution in [0.2, 0.25) is 0 Å². The first kappa shape index (κ1) is 33.5. The molecule has 16 heteroatoms. The third kappa shape index (κ3) is 8.31. The molecule has 10 nitrogen and oxygen atoms in total. The highest BCUT2D eigenvalue weighted by atomic mass is 19.4. The summed E-state index contributed by atoms with van der Waals surface area (Å²) in [7, 11) is 0. The van der Waals surface area contributed by atoms with Crippen LogP contribution in [0.25, 0.3) is 11.6 Å². The number of hydrogen-bond donors (Lipinski definition) is 3. The first-order chi connectivity index (χ1) is 19.1. The molecule has 0 aliphatic carbocycles. The fourth-order valence-electron chi connectivity index (χ4n) is 4.13. The molecule has 0 saturated carbocycles. The van der Waals surface area contributed by atoms with Crippen molar-refractivity contribution in [3.8, 4) is 11.6 Å². The van der Waals surface area contributed by atoms with Gasteiger partial charge in [-0.1, -0.05) is 19.3 Å². The summed E-state index contributed by atoms with van der Waals surface area (Å²) in [4.78, 5) is 22.3. The quantitative estimate of drug-likeness (QED) is 0.249. The van der Waals surface area contributed by atoms with Crippen molar-refractivity contribution in [2.24, 2.45) is 0 Å². The largest absolute Gasteiger partial charge is 0.444 e. The van der Waals surface area contributed by atoms with Gasteiger partial charge in [0, 0.05) is 0 Å². The van der Waals surface area contributed by atoms with E-state index < -0.39 is 82.1 Å². The van der Waals surface area contributed by atoms with Gasteiger partial charge in [-0.25, -0.2) is 9.78 Å². The van der Waals surface area contributed by atoms with Crippen LogP contribution in [0.1, 0.15) is 103 Å². The van der Waals surface area contributed by atoms with E-state index in [1.54, 1.807) is 20.8 Å². The molecule has 0 aromatic carbocycles. The summed E-state index contributed by atoms with van der Waals surface area (Å²) in [5.41, 5.74) is -5.70. The third-order valence-corrected chi connectivity index (χ3v) is 6.06. The average molecular weight is 612 g/mol. The van der Waals surface area contributed by atoms with E-state index in [9.17, 15) is 36.2 Å². The van der Waals surface area contributed by atoms with Gasteiger partial charge in [-0.15, -0.1) is 10.2 Å². The molecule has 1 unspecified atom stereocenters. The highest BCUT2D eigenvalue weighted by molar-refractivity contribution is 5.89. The lowest BCUT2D eigenvalue weighted by Gasteiger charge is -2.28. The van der Waals surface area contributed by atoms with Crippen molar-refractivity contribution < 1.29 is 50.2 Å². The molecule has 0 spiro atoms. The summed E-state index contributed by atoms with van der Waals surface area (Å²) >= 11 is 0. The Hall–Kier alpha value is -2.98. The summed E-state index contributed by atoms with van der Waals surface area (Å²) in [5, 5.41) is 19.7. The van der Waals surface area contributed by atoms with Crippen LogP contribution in [0.3, 0.4) is 0 Å². The zero-order valence-electron chi connectivity index (χ0n) is 24.1. The predicted octanol–water partition coefficient (Wildman–Crippen LogP) is 6.96. The molecule has 236 valence electrons. The van der Waals surface area contributed by atoms with Gasteiger partial charge in [-0.3, -0.25) is 10.2 Å². The molecule has 0 fully saturated rings. The number of hydroxylamine groups is 1. The number of nitrogens with zero attached hydrogens (tertiary/aromatic N) is 3. The van der Waals surface area contributed by atoms with Gasteiger partial charge in [0.05, 0.1) is 28.6 Å². The standard InChI is InChI=1S/C26H35F6N5O5/c1-22(2,3)41-21(38)33-16-13-14(25(27,28)29)17-15(37-42-23(4,5)6)11-9-7-8-10-12-24(39,26(30,31)32)20-36-35-19(40-20)18(16)34-17/h13,15,37,39H,7-12H2,1-6H3,(H,33,38)/t15?,24-/m1/s1.